The summed E-state index contributed by atoms with van der Waals surface area (Å²) in [7, 11) is 1.70. The van der Waals surface area contributed by atoms with Crippen LogP contribution in [-0.4, -0.2) is 13.7 Å². The minimum Gasteiger partial charge on any atom is -0.497 e. The van der Waals surface area contributed by atoms with Gasteiger partial charge in [0.25, 0.3) is 0 Å². The van der Waals surface area contributed by atoms with Crippen LogP contribution in [0.5, 0.6) is 5.75 Å². The molecule has 1 aromatic carbocycles. The largest absolute Gasteiger partial charge is 0.497 e. The van der Waals surface area contributed by atoms with Gasteiger partial charge in [0, 0.05) is 12.2 Å². The molecule has 0 fully saturated rings. The van der Waals surface area contributed by atoms with E-state index >= 15 is 0 Å². The Hall–Kier alpha value is -1.18. The first-order valence-electron chi connectivity index (χ1n) is 5.66. The number of hydrogen-bond acceptors (Lipinski definition) is 2. The van der Waals surface area contributed by atoms with Gasteiger partial charge in [-0.25, -0.2) is 0 Å². The molecule has 0 saturated carbocycles. The number of methoxy groups -OCH3 is 1. The van der Waals surface area contributed by atoms with E-state index < -0.39 is 0 Å². The molecule has 0 aliphatic carbocycles. The average molecular weight is 207 g/mol. The van der Waals surface area contributed by atoms with Gasteiger partial charge in [0.05, 0.1) is 7.11 Å². The third-order valence-electron chi connectivity index (χ3n) is 2.53. The van der Waals surface area contributed by atoms with E-state index in [1.54, 1.807) is 7.11 Å². The summed E-state index contributed by atoms with van der Waals surface area (Å²) in [6.07, 6.45) is 3.80. The van der Waals surface area contributed by atoms with E-state index in [0.29, 0.717) is 0 Å². The quantitative estimate of drug-likeness (QED) is 0.719. The first-order valence-corrected chi connectivity index (χ1v) is 5.66. The lowest BCUT2D eigenvalue weighted by Crippen LogP contribution is -2.02. The van der Waals surface area contributed by atoms with Crippen LogP contribution in [-0.2, 0) is 0 Å². The molecule has 0 heterocycles. The van der Waals surface area contributed by atoms with Gasteiger partial charge in [-0.1, -0.05) is 19.8 Å². The number of unbranched alkanes of at least 4 members (excludes halogenated alkanes) is 2. The van der Waals surface area contributed by atoms with Crippen LogP contribution >= 0.6 is 0 Å². The van der Waals surface area contributed by atoms with Gasteiger partial charge in [-0.05, 0) is 37.1 Å². The normalized spacial score (nSPS) is 10.1. The summed E-state index contributed by atoms with van der Waals surface area (Å²) in [5, 5.41) is 3.44. The van der Waals surface area contributed by atoms with E-state index in [4.69, 9.17) is 4.74 Å². The fourth-order valence-corrected chi connectivity index (χ4v) is 1.56. The topological polar surface area (TPSA) is 21.3 Å². The standard InChI is InChI=1S/C13H21NO/c1-4-5-6-9-14-13-8-7-12(15-3)10-11(13)2/h7-8,10,14H,4-6,9H2,1-3H3. The third-order valence-corrected chi connectivity index (χ3v) is 2.53. The van der Waals surface area contributed by atoms with Crippen LogP contribution in [0.25, 0.3) is 0 Å². The number of hydrogen-bond donors (Lipinski definition) is 1. The Morgan fingerprint density at radius 3 is 2.67 bits per heavy atom. The first-order chi connectivity index (χ1) is 7.27. The monoisotopic (exact) mass is 207 g/mol. The number of nitrogens with one attached hydrogen (secondary N) is 1. The zero-order valence-corrected chi connectivity index (χ0v) is 9.97. The molecule has 0 spiro atoms. The molecular weight excluding hydrogens is 186 g/mol. The third kappa shape index (κ3) is 3.82. The van der Waals surface area contributed by atoms with Gasteiger partial charge in [-0.2, -0.15) is 0 Å². The number of rotatable bonds is 6. The molecule has 15 heavy (non-hydrogen) atoms. The smallest absolute Gasteiger partial charge is 0.119 e. The van der Waals surface area contributed by atoms with Crippen molar-refractivity contribution in [2.24, 2.45) is 0 Å². The maximum Gasteiger partial charge on any atom is 0.119 e. The predicted molar refractivity (Wildman–Crippen MR) is 65.7 cm³/mol. The summed E-state index contributed by atoms with van der Waals surface area (Å²) in [6, 6.07) is 6.14. The second-order valence-corrected chi connectivity index (χ2v) is 3.81. The highest BCUT2D eigenvalue weighted by Gasteiger charge is 1.98. The zero-order chi connectivity index (χ0) is 11.1. The summed E-state index contributed by atoms with van der Waals surface area (Å²) in [4.78, 5) is 0. The molecule has 0 aliphatic rings. The van der Waals surface area contributed by atoms with Crippen LogP contribution in [0.4, 0.5) is 5.69 Å². The number of aryl methyl sites for hydroxylation is 1. The molecular formula is C13H21NO. The van der Waals surface area contributed by atoms with Gasteiger partial charge in [-0.3, -0.25) is 0 Å². The first kappa shape index (κ1) is 11.9. The Bertz CT molecular complexity index is 297. The Morgan fingerprint density at radius 1 is 1.27 bits per heavy atom. The minimum atomic E-state index is 0.923. The summed E-state index contributed by atoms with van der Waals surface area (Å²) >= 11 is 0. The Kier molecular flexibility index (Phi) is 5.02. The van der Waals surface area contributed by atoms with Crippen molar-refractivity contribution in [3.8, 4) is 5.75 Å². The number of anilines is 1. The van der Waals surface area contributed by atoms with Crippen molar-refractivity contribution in [3.05, 3.63) is 23.8 Å². The van der Waals surface area contributed by atoms with Crippen molar-refractivity contribution in [1.82, 2.24) is 0 Å². The van der Waals surface area contributed by atoms with E-state index in [1.807, 2.05) is 6.07 Å². The van der Waals surface area contributed by atoms with Crippen LogP contribution in [0.1, 0.15) is 31.7 Å². The van der Waals surface area contributed by atoms with E-state index in [-0.39, 0.29) is 0 Å². The van der Waals surface area contributed by atoms with Crippen LogP contribution in [0.3, 0.4) is 0 Å². The molecule has 84 valence electrons. The zero-order valence-electron chi connectivity index (χ0n) is 9.97. The van der Waals surface area contributed by atoms with Crippen molar-refractivity contribution < 1.29 is 4.74 Å². The maximum absolute atomic E-state index is 5.17. The lowest BCUT2D eigenvalue weighted by Gasteiger charge is -2.10. The molecule has 0 aromatic heterocycles. The number of ether oxygens (including phenoxy) is 1. The molecule has 0 amide bonds. The Morgan fingerprint density at radius 2 is 2.07 bits per heavy atom. The fourth-order valence-electron chi connectivity index (χ4n) is 1.56. The van der Waals surface area contributed by atoms with Crippen LogP contribution in [0.15, 0.2) is 18.2 Å². The highest BCUT2D eigenvalue weighted by molar-refractivity contribution is 5.53. The second kappa shape index (κ2) is 6.33. The van der Waals surface area contributed by atoms with Gasteiger partial charge in [0.15, 0.2) is 0 Å². The van der Waals surface area contributed by atoms with E-state index in [9.17, 15) is 0 Å². The highest BCUT2D eigenvalue weighted by Crippen LogP contribution is 2.20. The molecule has 1 N–H and O–H groups in total. The molecule has 0 aliphatic heterocycles. The van der Waals surface area contributed by atoms with Gasteiger partial charge in [0.2, 0.25) is 0 Å². The molecule has 0 unspecified atom stereocenters. The average Bonchev–Trinajstić information content (AvgIpc) is 2.26. The van der Waals surface area contributed by atoms with Crippen LogP contribution < -0.4 is 10.1 Å². The minimum absolute atomic E-state index is 0.923. The summed E-state index contributed by atoms with van der Waals surface area (Å²) in [5.41, 5.74) is 2.46. The maximum atomic E-state index is 5.17. The van der Waals surface area contributed by atoms with Gasteiger partial charge < -0.3 is 10.1 Å². The molecule has 2 nitrogen and oxygen atoms in total. The molecule has 0 atom stereocenters. The van der Waals surface area contributed by atoms with Crippen molar-refractivity contribution in [2.75, 3.05) is 19.0 Å². The van der Waals surface area contributed by atoms with Gasteiger partial charge in [-0.15, -0.1) is 0 Å². The molecule has 0 saturated heterocycles. The molecule has 1 rings (SSSR count). The van der Waals surface area contributed by atoms with Gasteiger partial charge in [0.1, 0.15) is 5.75 Å². The van der Waals surface area contributed by atoms with E-state index in [2.05, 4.69) is 31.3 Å². The summed E-state index contributed by atoms with van der Waals surface area (Å²) in [6.45, 7) is 5.38. The molecule has 0 radical (unpaired) electrons. The second-order valence-electron chi connectivity index (χ2n) is 3.81. The van der Waals surface area contributed by atoms with E-state index in [0.717, 1.165) is 12.3 Å². The lowest BCUT2D eigenvalue weighted by atomic mass is 10.2. The SMILES string of the molecule is CCCCCNc1ccc(OC)cc1C. The summed E-state index contributed by atoms with van der Waals surface area (Å²) < 4.78 is 5.17. The van der Waals surface area contributed by atoms with Crippen LogP contribution in [0.2, 0.25) is 0 Å². The van der Waals surface area contributed by atoms with Gasteiger partial charge >= 0.3 is 0 Å². The Balaban J connectivity index is 2.47. The Labute approximate surface area is 92.6 Å². The van der Waals surface area contributed by atoms with Crippen molar-refractivity contribution in [3.63, 3.8) is 0 Å². The predicted octanol–water partition coefficient (Wildman–Crippen LogP) is 3.61. The molecule has 2 heteroatoms. The van der Waals surface area contributed by atoms with Crippen molar-refractivity contribution in [2.45, 2.75) is 33.1 Å². The molecule has 1 aromatic rings. The lowest BCUT2D eigenvalue weighted by molar-refractivity contribution is 0.414. The van der Waals surface area contributed by atoms with E-state index in [1.165, 1.54) is 30.5 Å². The van der Waals surface area contributed by atoms with Crippen molar-refractivity contribution >= 4 is 5.69 Å². The fraction of sp³-hybridized carbons (Fsp3) is 0.538. The summed E-state index contributed by atoms with van der Waals surface area (Å²) in [5.74, 6) is 0.923. The highest BCUT2D eigenvalue weighted by atomic mass is 16.5. The molecule has 0 bridgehead atoms. The number of benzene rings is 1. The van der Waals surface area contributed by atoms with Crippen molar-refractivity contribution in [1.29, 1.82) is 0 Å². The van der Waals surface area contributed by atoms with Crippen LogP contribution in [0, 0.1) is 6.92 Å².